The van der Waals surface area contributed by atoms with Crippen molar-refractivity contribution in [2.75, 3.05) is 11.9 Å². The Morgan fingerprint density at radius 3 is 2.48 bits per heavy atom. The highest BCUT2D eigenvalue weighted by molar-refractivity contribution is 5.92. The molecule has 23 heavy (non-hydrogen) atoms. The fourth-order valence-electron chi connectivity index (χ4n) is 2.23. The van der Waals surface area contributed by atoms with Gasteiger partial charge in [-0.25, -0.2) is 0 Å². The van der Waals surface area contributed by atoms with Crippen LogP contribution in [-0.2, 0) is 4.79 Å². The summed E-state index contributed by atoms with van der Waals surface area (Å²) in [5.74, 6) is 0.679. The molecule has 0 spiro atoms. The third-order valence-corrected chi connectivity index (χ3v) is 3.36. The molecule has 122 valence electrons. The van der Waals surface area contributed by atoms with Gasteiger partial charge in [0.25, 0.3) is 0 Å². The summed E-state index contributed by atoms with van der Waals surface area (Å²) in [6, 6.07) is 17.6. The average Bonchev–Trinajstić information content (AvgIpc) is 2.53. The number of carbonyl (C=O) groups is 1. The van der Waals surface area contributed by atoms with Gasteiger partial charge < -0.3 is 15.4 Å². The highest BCUT2D eigenvalue weighted by Crippen LogP contribution is 2.18. The van der Waals surface area contributed by atoms with Crippen LogP contribution in [0.4, 0.5) is 5.69 Å². The van der Waals surface area contributed by atoms with E-state index in [4.69, 9.17) is 4.74 Å². The van der Waals surface area contributed by atoms with E-state index < -0.39 is 0 Å². The van der Waals surface area contributed by atoms with Gasteiger partial charge in [-0.15, -0.1) is 0 Å². The number of amides is 1. The number of hydrogen-bond acceptors (Lipinski definition) is 3. The van der Waals surface area contributed by atoms with E-state index in [2.05, 4.69) is 10.6 Å². The summed E-state index contributed by atoms with van der Waals surface area (Å²) in [5, 5.41) is 6.10. The second kappa shape index (κ2) is 8.34. The molecule has 0 saturated heterocycles. The molecule has 2 aromatic rings. The smallest absolute Gasteiger partial charge is 0.238 e. The Kier molecular flexibility index (Phi) is 6.18. The molecule has 0 bridgehead atoms. The van der Waals surface area contributed by atoms with Crippen molar-refractivity contribution in [1.82, 2.24) is 5.32 Å². The van der Waals surface area contributed by atoms with E-state index in [1.807, 2.05) is 75.4 Å². The molecule has 0 aliphatic heterocycles. The lowest BCUT2D eigenvalue weighted by Gasteiger charge is -2.15. The van der Waals surface area contributed by atoms with Gasteiger partial charge >= 0.3 is 0 Å². The average molecular weight is 312 g/mol. The summed E-state index contributed by atoms with van der Waals surface area (Å²) in [4.78, 5) is 12.1. The normalized spacial score (nSPS) is 12.0. The molecule has 1 amide bonds. The second-order valence-electron chi connectivity index (χ2n) is 5.76. The van der Waals surface area contributed by atoms with Crippen molar-refractivity contribution in [2.45, 2.75) is 32.9 Å². The molecule has 1 unspecified atom stereocenters. The Labute approximate surface area is 137 Å². The third-order valence-electron chi connectivity index (χ3n) is 3.36. The molecule has 0 fully saturated rings. The number of carbonyl (C=O) groups excluding carboxylic acids is 1. The van der Waals surface area contributed by atoms with Gasteiger partial charge in [-0.2, -0.15) is 0 Å². The van der Waals surface area contributed by atoms with Gasteiger partial charge in [0.2, 0.25) is 5.91 Å². The second-order valence-corrected chi connectivity index (χ2v) is 5.76. The zero-order chi connectivity index (χ0) is 16.7. The van der Waals surface area contributed by atoms with Crippen LogP contribution in [0.2, 0.25) is 0 Å². The van der Waals surface area contributed by atoms with E-state index in [1.54, 1.807) is 0 Å². The zero-order valence-corrected chi connectivity index (χ0v) is 13.9. The minimum Gasteiger partial charge on any atom is -0.491 e. The lowest BCUT2D eigenvalue weighted by atomic mass is 10.1. The monoisotopic (exact) mass is 312 g/mol. The molecule has 0 saturated carbocycles. The Bertz CT molecular complexity index is 626. The number of hydrogen-bond donors (Lipinski definition) is 2. The molecular formula is C19H24N2O2. The molecule has 0 heterocycles. The van der Waals surface area contributed by atoms with Crippen molar-refractivity contribution in [3.8, 4) is 5.75 Å². The molecule has 0 aromatic heterocycles. The molecule has 4 nitrogen and oxygen atoms in total. The summed E-state index contributed by atoms with van der Waals surface area (Å²) in [6.07, 6.45) is 0.106. The maximum Gasteiger partial charge on any atom is 0.238 e. The van der Waals surface area contributed by atoms with Crippen molar-refractivity contribution >= 4 is 11.6 Å². The molecule has 2 N–H and O–H groups in total. The molecular weight excluding hydrogens is 288 g/mol. The first-order valence-corrected chi connectivity index (χ1v) is 7.89. The first-order chi connectivity index (χ1) is 11.0. The van der Waals surface area contributed by atoms with E-state index in [-0.39, 0.29) is 24.6 Å². The topological polar surface area (TPSA) is 50.4 Å². The standard InChI is InChI=1S/C19H24N2O2/c1-14(2)23-18-11-7-10-17(12-18)21-19(22)13-20-15(3)16-8-5-4-6-9-16/h4-12,14-15,20H,13H2,1-3H3,(H,21,22). The summed E-state index contributed by atoms with van der Waals surface area (Å²) in [6.45, 7) is 6.24. The predicted molar refractivity (Wildman–Crippen MR) is 93.7 cm³/mol. The van der Waals surface area contributed by atoms with Crippen molar-refractivity contribution in [2.24, 2.45) is 0 Å². The van der Waals surface area contributed by atoms with E-state index in [0.717, 1.165) is 17.0 Å². The van der Waals surface area contributed by atoms with E-state index in [1.165, 1.54) is 0 Å². The maximum atomic E-state index is 12.1. The van der Waals surface area contributed by atoms with Crippen molar-refractivity contribution in [3.05, 3.63) is 60.2 Å². The first kappa shape index (κ1) is 17.0. The predicted octanol–water partition coefficient (Wildman–Crippen LogP) is 3.76. The largest absolute Gasteiger partial charge is 0.491 e. The fourth-order valence-corrected chi connectivity index (χ4v) is 2.23. The van der Waals surface area contributed by atoms with Gasteiger partial charge in [0.1, 0.15) is 5.75 Å². The van der Waals surface area contributed by atoms with Crippen LogP contribution in [0.3, 0.4) is 0 Å². The maximum absolute atomic E-state index is 12.1. The zero-order valence-electron chi connectivity index (χ0n) is 13.9. The van der Waals surface area contributed by atoms with Gasteiger partial charge in [0.05, 0.1) is 12.6 Å². The van der Waals surface area contributed by atoms with Gasteiger partial charge in [0.15, 0.2) is 0 Å². The number of ether oxygens (including phenoxy) is 1. The summed E-state index contributed by atoms with van der Waals surface area (Å²) in [7, 11) is 0. The molecule has 2 rings (SSSR count). The summed E-state index contributed by atoms with van der Waals surface area (Å²) >= 11 is 0. The molecule has 0 radical (unpaired) electrons. The van der Waals surface area contributed by atoms with Gasteiger partial charge in [-0.05, 0) is 38.5 Å². The highest BCUT2D eigenvalue weighted by atomic mass is 16.5. The van der Waals surface area contributed by atoms with Gasteiger partial charge in [0, 0.05) is 17.8 Å². The minimum atomic E-state index is -0.0746. The highest BCUT2D eigenvalue weighted by Gasteiger charge is 2.08. The molecule has 2 aromatic carbocycles. The van der Waals surface area contributed by atoms with Crippen LogP contribution < -0.4 is 15.4 Å². The Morgan fingerprint density at radius 1 is 1.04 bits per heavy atom. The van der Waals surface area contributed by atoms with Crippen LogP contribution in [0, 0.1) is 0 Å². The van der Waals surface area contributed by atoms with Gasteiger partial charge in [-0.1, -0.05) is 36.4 Å². The number of anilines is 1. The molecule has 0 aliphatic carbocycles. The lowest BCUT2D eigenvalue weighted by molar-refractivity contribution is -0.115. The molecule has 4 heteroatoms. The number of nitrogens with one attached hydrogen (secondary N) is 2. The van der Waals surface area contributed by atoms with E-state index >= 15 is 0 Å². The molecule has 0 aliphatic rings. The van der Waals surface area contributed by atoms with Crippen LogP contribution >= 0.6 is 0 Å². The van der Waals surface area contributed by atoms with Gasteiger partial charge in [-0.3, -0.25) is 4.79 Å². The van der Waals surface area contributed by atoms with Crippen molar-refractivity contribution in [1.29, 1.82) is 0 Å². The Morgan fingerprint density at radius 2 is 1.78 bits per heavy atom. The van der Waals surface area contributed by atoms with Crippen LogP contribution in [0.25, 0.3) is 0 Å². The fraction of sp³-hybridized carbons (Fsp3) is 0.316. The quantitative estimate of drug-likeness (QED) is 0.818. The summed E-state index contributed by atoms with van der Waals surface area (Å²) in [5.41, 5.74) is 1.90. The van der Waals surface area contributed by atoms with Crippen LogP contribution in [0.1, 0.15) is 32.4 Å². The number of benzene rings is 2. The van der Waals surface area contributed by atoms with E-state index in [0.29, 0.717) is 0 Å². The SMILES string of the molecule is CC(C)Oc1cccc(NC(=O)CNC(C)c2ccccc2)c1. The summed E-state index contributed by atoms with van der Waals surface area (Å²) < 4.78 is 5.63. The first-order valence-electron chi connectivity index (χ1n) is 7.89. The lowest BCUT2D eigenvalue weighted by Crippen LogP contribution is -2.30. The van der Waals surface area contributed by atoms with Crippen molar-refractivity contribution < 1.29 is 9.53 Å². The van der Waals surface area contributed by atoms with Crippen LogP contribution in [0.5, 0.6) is 5.75 Å². The van der Waals surface area contributed by atoms with Crippen LogP contribution in [0.15, 0.2) is 54.6 Å². The van der Waals surface area contributed by atoms with Crippen LogP contribution in [-0.4, -0.2) is 18.6 Å². The Balaban J connectivity index is 1.85. The molecule has 1 atom stereocenters. The third kappa shape index (κ3) is 5.75. The van der Waals surface area contributed by atoms with Crippen molar-refractivity contribution in [3.63, 3.8) is 0 Å². The minimum absolute atomic E-state index is 0.0746. The Hall–Kier alpha value is -2.33. The van der Waals surface area contributed by atoms with E-state index in [9.17, 15) is 4.79 Å². The number of rotatable bonds is 7.